The smallest absolute Gasteiger partial charge is 0.225 e. The summed E-state index contributed by atoms with van der Waals surface area (Å²) in [4.78, 5) is 34.7. The van der Waals surface area contributed by atoms with Gasteiger partial charge in [-0.2, -0.15) is 0 Å². The number of nitrogens with one attached hydrogen (secondary N) is 1. The van der Waals surface area contributed by atoms with Crippen LogP contribution >= 0.6 is 0 Å². The van der Waals surface area contributed by atoms with Crippen molar-refractivity contribution in [1.82, 2.24) is 24.8 Å². The molecule has 1 aliphatic heterocycles. The Kier molecular flexibility index (Phi) is 5.42. The molecule has 0 aliphatic carbocycles. The number of nitrogens with zero attached hydrogens (tertiary/aromatic N) is 4. The molecule has 132 valence electrons. The van der Waals surface area contributed by atoms with Crippen LogP contribution in [0.4, 0.5) is 0 Å². The van der Waals surface area contributed by atoms with E-state index < -0.39 is 0 Å². The van der Waals surface area contributed by atoms with Crippen molar-refractivity contribution < 1.29 is 9.59 Å². The number of aromatic nitrogens is 3. The molecule has 7 heteroatoms. The Morgan fingerprint density at radius 2 is 2.28 bits per heavy atom. The van der Waals surface area contributed by atoms with Crippen molar-refractivity contribution in [3.63, 3.8) is 0 Å². The normalized spacial score (nSPS) is 17.1. The van der Waals surface area contributed by atoms with Gasteiger partial charge in [0, 0.05) is 50.8 Å². The van der Waals surface area contributed by atoms with Crippen molar-refractivity contribution in [2.45, 2.75) is 39.4 Å². The highest BCUT2D eigenvalue weighted by Gasteiger charge is 2.34. The maximum absolute atomic E-state index is 12.4. The number of carbonyl (C=O) groups is 2. The van der Waals surface area contributed by atoms with Crippen LogP contribution in [0.5, 0.6) is 0 Å². The summed E-state index contributed by atoms with van der Waals surface area (Å²) in [6.07, 6.45) is 8.38. The fraction of sp³-hybridized carbons (Fsp3) is 0.444. The summed E-state index contributed by atoms with van der Waals surface area (Å²) in [6, 6.07) is 3.78. The minimum Gasteiger partial charge on any atom is -0.349 e. The number of rotatable bonds is 7. The molecule has 25 heavy (non-hydrogen) atoms. The van der Waals surface area contributed by atoms with Gasteiger partial charge in [-0.05, 0) is 18.1 Å². The molecule has 1 fully saturated rings. The third kappa shape index (κ3) is 4.23. The number of likely N-dealkylation sites (tertiary alicyclic amines) is 1. The average Bonchev–Trinajstić information content (AvgIpc) is 3.21. The van der Waals surface area contributed by atoms with Crippen LogP contribution in [0.3, 0.4) is 0 Å². The van der Waals surface area contributed by atoms with E-state index in [4.69, 9.17) is 0 Å². The molecule has 2 aromatic heterocycles. The summed E-state index contributed by atoms with van der Waals surface area (Å²) in [6.45, 7) is 4.31. The molecule has 2 aromatic rings. The number of hydrogen-bond acceptors (Lipinski definition) is 4. The van der Waals surface area contributed by atoms with E-state index >= 15 is 0 Å². The summed E-state index contributed by atoms with van der Waals surface area (Å²) in [5, 5.41) is 2.92. The van der Waals surface area contributed by atoms with E-state index in [9.17, 15) is 9.59 Å². The van der Waals surface area contributed by atoms with E-state index in [2.05, 4.69) is 22.2 Å². The standard InChI is InChI=1S/C18H23N5O2/c1-2-7-22-8-6-20-16(22)11-21-18(25)15-9-17(24)23(13-15)12-14-4-3-5-19-10-14/h3-6,8,10,15H,2,7,9,11-13H2,1H3,(H,21,25). The first-order valence-corrected chi connectivity index (χ1v) is 8.61. The lowest BCUT2D eigenvalue weighted by Crippen LogP contribution is -2.33. The highest BCUT2D eigenvalue weighted by atomic mass is 16.2. The third-order valence-corrected chi connectivity index (χ3v) is 4.37. The van der Waals surface area contributed by atoms with Crippen LogP contribution in [0.2, 0.25) is 0 Å². The van der Waals surface area contributed by atoms with Gasteiger partial charge in [0.2, 0.25) is 11.8 Å². The maximum Gasteiger partial charge on any atom is 0.225 e. The largest absolute Gasteiger partial charge is 0.349 e. The summed E-state index contributed by atoms with van der Waals surface area (Å²) >= 11 is 0. The van der Waals surface area contributed by atoms with E-state index in [1.165, 1.54) is 0 Å². The zero-order chi connectivity index (χ0) is 17.6. The van der Waals surface area contributed by atoms with Gasteiger partial charge in [-0.15, -0.1) is 0 Å². The lowest BCUT2D eigenvalue weighted by Gasteiger charge is -2.16. The van der Waals surface area contributed by atoms with Crippen LogP contribution < -0.4 is 5.32 Å². The van der Waals surface area contributed by atoms with Gasteiger partial charge in [0.25, 0.3) is 0 Å². The zero-order valence-corrected chi connectivity index (χ0v) is 14.4. The minimum atomic E-state index is -0.307. The maximum atomic E-state index is 12.4. The Balaban J connectivity index is 1.53. The molecule has 3 rings (SSSR count). The highest BCUT2D eigenvalue weighted by Crippen LogP contribution is 2.20. The Labute approximate surface area is 147 Å². The summed E-state index contributed by atoms with van der Waals surface area (Å²) in [5.41, 5.74) is 0.971. The van der Waals surface area contributed by atoms with Gasteiger partial charge in [-0.3, -0.25) is 14.6 Å². The Morgan fingerprint density at radius 3 is 3.04 bits per heavy atom. The molecule has 1 aliphatic rings. The minimum absolute atomic E-state index is 0.0106. The van der Waals surface area contributed by atoms with Crippen LogP contribution in [0.1, 0.15) is 31.2 Å². The molecular weight excluding hydrogens is 318 g/mol. The topological polar surface area (TPSA) is 80.1 Å². The molecule has 0 bridgehead atoms. The lowest BCUT2D eigenvalue weighted by molar-refractivity contribution is -0.129. The summed E-state index contributed by atoms with van der Waals surface area (Å²) in [5.74, 6) is 0.454. The van der Waals surface area contributed by atoms with Crippen LogP contribution in [0, 0.1) is 5.92 Å². The van der Waals surface area contributed by atoms with Crippen LogP contribution in [0.25, 0.3) is 0 Å². The second-order valence-electron chi connectivity index (χ2n) is 6.29. The van der Waals surface area contributed by atoms with E-state index in [0.717, 1.165) is 24.4 Å². The molecule has 1 atom stereocenters. The second-order valence-corrected chi connectivity index (χ2v) is 6.29. The van der Waals surface area contributed by atoms with E-state index in [0.29, 0.717) is 19.6 Å². The Bertz CT molecular complexity index is 728. The van der Waals surface area contributed by atoms with Gasteiger partial charge in [-0.25, -0.2) is 4.98 Å². The van der Waals surface area contributed by atoms with Gasteiger partial charge < -0.3 is 14.8 Å². The predicted molar refractivity (Wildman–Crippen MR) is 92.1 cm³/mol. The van der Waals surface area contributed by atoms with Gasteiger partial charge in [0.1, 0.15) is 5.82 Å². The predicted octanol–water partition coefficient (Wildman–Crippen LogP) is 1.35. The van der Waals surface area contributed by atoms with Crippen molar-refractivity contribution in [1.29, 1.82) is 0 Å². The first-order chi connectivity index (χ1) is 12.2. The average molecular weight is 341 g/mol. The molecule has 0 aromatic carbocycles. The number of amides is 2. The molecule has 2 amide bonds. The quantitative estimate of drug-likeness (QED) is 0.824. The lowest BCUT2D eigenvalue weighted by atomic mass is 10.1. The second kappa shape index (κ2) is 7.92. The number of hydrogen-bond donors (Lipinski definition) is 1. The van der Waals surface area contributed by atoms with Gasteiger partial charge in [0.15, 0.2) is 0 Å². The van der Waals surface area contributed by atoms with Gasteiger partial charge in [0.05, 0.1) is 12.5 Å². The first-order valence-electron chi connectivity index (χ1n) is 8.61. The fourth-order valence-corrected chi connectivity index (χ4v) is 3.07. The van der Waals surface area contributed by atoms with Crippen molar-refractivity contribution >= 4 is 11.8 Å². The molecule has 0 radical (unpaired) electrons. The fourth-order valence-electron chi connectivity index (χ4n) is 3.07. The van der Waals surface area contributed by atoms with Crippen LogP contribution in [0.15, 0.2) is 36.9 Å². The van der Waals surface area contributed by atoms with E-state index in [-0.39, 0.29) is 24.2 Å². The number of aryl methyl sites for hydroxylation is 1. The number of carbonyl (C=O) groups excluding carboxylic acids is 2. The summed E-state index contributed by atoms with van der Waals surface area (Å²) < 4.78 is 2.04. The Morgan fingerprint density at radius 1 is 1.40 bits per heavy atom. The number of imidazole rings is 1. The van der Waals surface area contributed by atoms with Crippen molar-refractivity contribution in [3.8, 4) is 0 Å². The molecular formula is C18H23N5O2. The monoisotopic (exact) mass is 341 g/mol. The molecule has 1 N–H and O–H groups in total. The van der Waals surface area contributed by atoms with Crippen molar-refractivity contribution in [2.24, 2.45) is 5.92 Å². The van der Waals surface area contributed by atoms with Crippen LogP contribution in [-0.4, -0.2) is 37.8 Å². The molecule has 1 saturated heterocycles. The molecule has 0 spiro atoms. The summed E-state index contributed by atoms with van der Waals surface area (Å²) in [7, 11) is 0. The van der Waals surface area contributed by atoms with E-state index in [1.54, 1.807) is 23.5 Å². The SMILES string of the molecule is CCCn1ccnc1CNC(=O)C1CC(=O)N(Cc2cccnc2)C1. The van der Waals surface area contributed by atoms with E-state index in [1.807, 2.05) is 22.9 Å². The molecule has 0 saturated carbocycles. The zero-order valence-electron chi connectivity index (χ0n) is 14.4. The van der Waals surface area contributed by atoms with Crippen molar-refractivity contribution in [3.05, 3.63) is 48.3 Å². The molecule has 1 unspecified atom stereocenters. The first kappa shape index (κ1) is 17.1. The molecule has 7 nitrogen and oxygen atoms in total. The Hall–Kier alpha value is -2.70. The third-order valence-electron chi connectivity index (χ3n) is 4.37. The highest BCUT2D eigenvalue weighted by molar-refractivity contribution is 5.89. The number of pyridine rings is 1. The van der Waals surface area contributed by atoms with Gasteiger partial charge in [-0.1, -0.05) is 13.0 Å². The van der Waals surface area contributed by atoms with Crippen molar-refractivity contribution in [2.75, 3.05) is 6.54 Å². The van der Waals surface area contributed by atoms with Gasteiger partial charge >= 0.3 is 0 Å². The van der Waals surface area contributed by atoms with Crippen LogP contribution in [-0.2, 0) is 29.2 Å². The molecule has 3 heterocycles.